The van der Waals surface area contributed by atoms with Crippen LogP contribution in [0.4, 0.5) is 0 Å². The number of hydrogen-bond donors (Lipinski definition) is 2. The first kappa shape index (κ1) is 12.1. The number of hydrogen-bond acceptors (Lipinski definition) is 3. The summed E-state index contributed by atoms with van der Waals surface area (Å²) in [6, 6.07) is 1.51. The fraction of sp³-hybridized carbons (Fsp3) is 0.455. The Bertz CT molecular complexity index is 353. The van der Waals surface area contributed by atoms with E-state index in [0.717, 1.165) is 24.1 Å². The van der Waals surface area contributed by atoms with Crippen molar-refractivity contribution in [3.8, 4) is 11.5 Å². The zero-order chi connectivity index (χ0) is 11.4. The molecule has 0 aromatic heterocycles. The first-order valence-electron chi connectivity index (χ1n) is 4.81. The second kappa shape index (κ2) is 5.24. The highest BCUT2D eigenvalue weighted by atomic mass is 35.5. The molecule has 0 amide bonds. The monoisotopic (exact) mass is 229 g/mol. The SMILES string of the molecule is CNCCc1c(C)c(Cl)cc(O)c1OC. The van der Waals surface area contributed by atoms with Crippen molar-refractivity contribution >= 4 is 11.6 Å². The van der Waals surface area contributed by atoms with Gasteiger partial charge in [-0.1, -0.05) is 11.6 Å². The van der Waals surface area contributed by atoms with Crippen molar-refractivity contribution < 1.29 is 9.84 Å². The third kappa shape index (κ3) is 2.55. The maximum Gasteiger partial charge on any atom is 0.164 e. The van der Waals surface area contributed by atoms with Gasteiger partial charge in [-0.3, -0.25) is 0 Å². The Kier molecular flexibility index (Phi) is 4.24. The summed E-state index contributed by atoms with van der Waals surface area (Å²) in [4.78, 5) is 0. The highest BCUT2D eigenvalue weighted by Crippen LogP contribution is 2.37. The van der Waals surface area contributed by atoms with Crippen LogP contribution in [-0.4, -0.2) is 25.8 Å². The largest absolute Gasteiger partial charge is 0.504 e. The van der Waals surface area contributed by atoms with Gasteiger partial charge in [-0.15, -0.1) is 0 Å². The fourth-order valence-electron chi connectivity index (χ4n) is 1.54. The molecule has 0 unspecified atom stereocenters. The normalized spacial score (nSPS) is 10.4. The predicted molar refractivity (Wildman–Crippen MR) is 62.0 cm³/mol. The van der Waals surface area contributed by atoms with Crippen LogP contribution in [0.25, 0.3) is 0 Å². The van der Waals surface area contributed by atoms with Crippen molar-refractivity contribution in [1.29, 1.82) is 0 Å². The fourth-order valence-corrected chi connectivity index (χ4v) is 1.76. The second-order valence-corrected chi connectivity index (χ2v) is 3.78. The van der Waals surface area contributed by atoms with E-state index in [9.17, 15) is 5.11 Å². The van der Waals surface area contributed by atoms with Gasteiger partial charge in [0.15, 0.2) is 11.5 Å². The van der Waals surface area contributed by atoms with E-state index in [1.54, 1.807) is 7.11 Å². The molecule has 0 fully saturated rings. The van der Waals surface area contributed by atoms with E-state index in [1.165, 1.54) is 6.07 Å². The molecular weight excluding hydrogens is 214 g/mol. The molecule has 0 aliphatic rings. The molecule has 1 aromatic carbocycles. The Morgan fingerprint density at radius 2 is 2.20 bits per heavy atom. The number of halogens is 1. The number of nitrogens with one attached hydrogen (secondary N) is 1. The number of methoxy groups -OCH3 is 1. The molecule has 1 aromatic rings. The minimum absolute atomic E-state index is 0.0965. The lowest BCUT2D eigenvalue weighted by atomic mass is 10.0. The van der Waals surface area contributed by atoms with Crippen LogP contribution in [0.1, 0.15) is 11.1 Å². The van der Waals surface area contributed by atoms with Crippen molar-refractivity contribution in [2.24, 2.45) is 0 Å². The van der Waals surface area contributed by atoms with Gasteiger partial charge < -0.3 is 15.2 Å². The zero-order valence-corrected chi connectivity index (χ0v) is 9.98. The summed E-state index contributed by atoms with van der Waals surface area (Å²) in [5.74, 6) is 0.617. The lowest BCUT2D eigenvalue weighted by molar-refractivity contribution is 0.368. The summed E-state index contributed by atoms with van der Waals surface area (Å²) in [6.07, 6.45) is 0.777. The van der Waals surface area contributed by atoms with Crippen LogP contribution in [0.2, 0.25) is 5.02 Å². The lowest BCUT2D eigenvalue weighted by Gasteiger charge is -2.14. The Balaban J connectivity index is 3.18. The van der Waals surface area contributed by atoms with Crippen molar-refractivity contribution in [3.05, 3.63) is 22.2 Å². The van der Waals surface area contributed by atoms with E-state index in [0.29, 0.717) is 10.8 Å². The topological polar surface area (TPSA) is 41.5 Å². The maximum atomic E-state index is 9.67. The molecule has 0 saturated carbocycles. The number of phenols is 1. The number of phenolic OH excluding ortho intramolecular Hbond substituents is 1. The molecule has 0 spiro atoms. The van der Waals surface area contributed by atoms with Gasteiger partial charge in [-0.2, -0.15) is 0 Å². The minimum atomic E-state index is 0.0965. The Hall–Kier alpha value is -0.930. The van der Waals surface area contributed by atoms with E-state index in [2.05, 4.69) is 5.32 Å². The van der Waals surface area contributed by atoms with Gasteiger partial charge in [0.1, 0.15) is 0 Å². The van der Waals surface area contributed by atoms with Crippen LogP contribution >= 0.6 is 11.6 Å². The van der Waals surface area contributed by atoms with Crippen molar-refractivity contribution in [1.82, 2.24) is 5.32 Å². The zero-order valence-electron chi connectivity index (χ0n) is 9.22. The van der Waals surface area contributed by atoms with E-state index in [4.69, 9.17) is 16.3 Å². The van der Waals surface area contributed by atoms with Crippen LogP contribution in [-0.2, 0) is 6.42 Å². The Labute approximate surface area is 95.0 Å². The van der Waals surface area contributed by atoms with Crippen LogP contribution in [0, 0.1) is 6.92 Å². The molecule has 0 aliphatic carbocycles. The van der Waals surface area contributed by atoms with Gasteiger partial charge >= 0.3 is 0 Å². The average Bonchev–Trinajstić information content (AvgIpc) is 2.21. The molecule has 2 N–H and O–H groups in total. The molecule has 0 bridgehead atoms. The molecule has 0 heterocycles. The van der Waals surface area contributed by atoms with Crippen LogP contribution < -0.4 is 10.1 Å². The first-order chi connectivity index (χ1) is 7.11. The third-order valence-corrected chi connectivity index (χ3v) is 2.80. The predicted octanol–water partition coefficient (Wildman–Crippen LogP) is 2.12. The molecule has 0 aliphatic heterocycles. The Morgan fingerprint density at radius 1 is 1.53 bits per heavy atom. The molecule has 4 heteroatoms. The van der Waals surface area contributed by atoms with Gasteiger partial charge in [-0.25, -0.2) is 0 Å². The molecule has 1 rings (SSSR count). The minimum Gasteiger partial charge on any atom is -0.504 e. The maximum absolute atomic E-state index is 9.67. The summed E-state index contributed by atoms with van der Waals surface area (Å²) >= 11 is 5.99. The average molecular weight is 230 g/mol. The van der Waals surface area contributed by atoms with E-state index < -0.39 is 0 Å². The highest BCUT2D eigenvalue weighted by Gasteiger charge is 2.14. The van der Waals surface area contributed by atoms with E-state index >= 15 is 0 Å². The van der Waals surface area contributed by atoms with Crippen molar-refractivity contribution in [2.75, 3.05) is 20.7 Å². The van der Waals surface area contributed by atoms with Gasteiger partial charge in [-0.05, 0) is 32.5 Å². The highest BCUT2D eigenvalue weighted by molar-refractivity contribution is 6.31. The second-order valence-electron chi connectivity index (χ2n) is 3.37. The Morgan fingerprint density at radius 3 is 2.73 bits per heavy atom. The van der Waals surface area contributed by atoms with Crippen molar-refractivity contribution in [3.63, 3.8) is 0 Å². The quantitative estimate of drug-likeness (QED) is 0.831. The summed E-state index contributed by atoms with van der Waals surface area (Å²) in [7, 11) is 3.43. The van der Waals surface area contributed by atoms with Gasteiger partial charge in [0.05, 0.1) is 7.11 Å². The molecule has 3 nitrogen and oxygen atoms in total. The van der Waals surface area contributed by atoms with Gasteiger partial charge in [0.25, 0.3) is 0 Å². The molecule has 0 radical (unpaired) electrons. The summed E-state index contributed by atoms with van der Waals surface area (Å²) < 4.78 is 5.17. The number of rotatable bonds is 4. The van der Waals surface area contributed by atoms with E-state index in [1.807, 2.05) is 14.0 Å². The van der Waals surface area contributed by atoms with Crippen LogP contribution in [0.5, 0.6) is 11.5 Å². The molecule has 84 valence electrons. The smallest absolute Gasteiger partial charge is 0.164 e. The number of ether oxygens (including phenoxy) is 1. The van der Waals surface area contributed by atoms with Crippen LogP contribution in [0.3, 0.4) is 0 Å². The summed E-state index contributed by atoms with van der Waals surface area (Å²) in [5, 5.41) is 13.3. The van der Waals surface area contributed by atoms with E-state index in [-0.39, 0.29) is 5.75 Å². The first-order valence-corrected chi connectivity index (χ1v) is 5.19. The lowest BCUT2D eigenvalue weighted by Crippen LogP contribution is -2.12. The van der Waals surface area contributed by atoms with Gasteiger partial charge in [0, 0.05) is 16.7 Å². The van der Waals surface area contributed by atoms with Gasteiger partial charge in [0.2, 0.25) is 0 Å². The molecular formula is C11H16ClNO2. The summed E-state index contributed by atoms with van der Waals surface area (Å²) in [6.45, 7) is 2.74. The van der Waals surface area contributed by atoms with Crippen molar-refractivity contribution in [2.45, 2.75) is 13.3 Å². The molecule has 0 saturated heterocycles. The number of benzene rings is 1. The standard InChI is InChI=1S/C11H16ClNO2/c1-7-8(4-5-13-2)11(15-3)10(14)6-9(7)12/h6,13-14H,4-5H2,1-3H3. The number of aromatic hydroxyl groups is 1. The number of likely N-dealkylation sites (N-methyl/N-ethyl adjacent to an activating group) is 1. The van der Waals surface area contributed by atoms with Crippen LogP contribution in [0.15, 0.2) is 6.07 Å². The molecule has 0 atom stereocenters. The molecule has 15 heavy (non-hydrogen) atoms. The third-order valence-electron chi connectivity index (χ3n) is 2.41. The summed E-state index contributed by atoms with van der Waals surface area (Å²) in [5.41, 5.74) is 1.92.